The first-order valence-electron chi connectivity index (χ1n) is 5.71. The summed E-state index contributed by atoms with van der Waals surface area (Å²) in [4.78, 5) is 14.9. The molecule has 1 atom stereocenters. The lowest BCUT2D eigenvalue weighted by Crippen LogP contribution is -2.31. The number of likely N-dealkylation sites (N-methyl/N-ethyl adjacent to an activating group) is 1. The zero-order chi connectivity index (χ0) is 11.4. The molecule has 0 aliphatic carbocycles. The van der Waals surface area contributed by atoms with Crippen molar-refractivity contribution in [2.45, 2.75) is 6.42 Å². The molecule has 0 aromatic carbocycles. The van der Waals surface area contributed by atoms with E-state index in [-0.39, 0.29) is 5.78 Å². The Morgan fingerprint density at radius 2 is 2.56 bits per heavy atom. The second-order valence-corrected chi connectivity index (χ2v) is 5.40. The Morgan fingerprint density at radius 3 is 3.19 bits per heavy atom. The zero-order valence-corrected chi connectivity index (χ0v) is 10.4. The van der Waals surface area contributed by atoms with Crippen LogP contribution in [0.25, 0.3) is 0 Å². The molecule has 16 heavy (non-hydrogen) atoms. The van der Waals surface area contributed by atoms with E-state index >= 15 is 0 Å². The molecule has 1 aliphatic heterocycles. The van der Waals surface area contributed by atoms with Crippen LogP contribution in [0.3, 0.4) is 0 Å². The molecule has 0 unspecified atom stereocenters. The van der Waals surface area contributed by atoms with E-state index in [1.165, 1.54) is 17.8 Å². The summed E-state index contributed by atoms with van der Waals surface area (Å²) in [6.07, 6.45) is 1.23. The first-order valence-corrected chi connectivity index (χ1v) is 6.59. The van der Waals surface area contributed by atoms with Gasteiger partial charge in [-0.3, -0.25) is 9.69 Å². The Hall–Kier alpha value is -0.710. The van der Waals surface area contributed by atoms with Gasteiger partial charge in [-0.1, -0.05) is 6.07 Å². The number of Topliss-reactive ketones (excluding diaryl/α,β-unsaturated/α-hetero) is 1. The summed E-state index contributed by atoms with van der Waals surface area (Å²) in [6, 6.07) is 3.83. The number of ketones is 1. The van der Waals surface area contributed by atoms with Gasteiger partial charge in [-0.15, -0.1) is 11.3 Å². The number of hydrogen-bond acceptors (Lipinski definition) is 4. The standard InChI is InChI=1S/C12H18N2OS/c1-14(8-10-4-5-13-7-10)9-11(15)12-3-2-6-16-12/h2-3,6,10,13H,4-5,7-9H2,1H3/t10-/m1/s1. The Bertz CT molecular complexity index is 331. The molecule has 1 fully saturated rings. The lowest BCUT2D eigenvalue weighted by Gasteiger charge is -2.19. The number of nitrogens with zero attached hydrogens (tertiary/aromatic N) is 1. The lowest BCUT2D eigenvalue weighted by molar-refractivity contribution is 0.0943. The van der Waals surface area contributed by atoms with Crippen LogP contribution in [0.1, 0.15) is 16.1 Å². The zero-order valence-electron chi connectivity index (χ0n) is 9.61. The molecule has 1 aromatic heterocycles. The van der Waals surface area contributed by atoms with E-state index in [1.54, 1.807) is 0 Å². The Balaban J connectivity index is 1.78. The van der Waals surface area contributed by atoms with Crippen molar-refractivity contribution in [1.29, 1.82) is 0 Å². The second-order valence-electron chi connectivity index (χ2n) is 4.46. The van der Waals surface area contributed by atoms with E-state index in [1.807, 2.05) is 24.6 Å². The van der Waals surface area contributed by atoms with E-state index in [2.05, 4.69) is 10.2 Å². The molecule has 0 saturated carbocycles. The maximum absolute atomic E-state index is 11.8. The molecular weight excluding hydrogens is 220 g/mol. The number of thiophene rings is 1. The number of carbonyl (C=O) groups excluding carboxylic acids is 1. The second kappa shape index (κ2) is 5.57. The fourth-order valence-electron chi connectivity index (χ4n) is 2.14. The molecule has 1 N–H and O–H groups in total. The molecule has 1 aromatic rings. The predicted molar refractivity (Wildman–Crippen MR) is 67.1 cm³/mol. The summed E-state index contributed by atoms with van der Waals surface area (Å²) in [5.41, 5.74) is 0. The number of nitrogens with one attached hydrogen (secondary N) is 1. The van der Waals surface area contributed by atoms with Crippen LogP contribution in [0.2, 0.25) is 0 Å². The highest BCUT2D eigenvalue weighted by atomic mass is 32.1. The highest BCUT2D eigenvalue weighted by Gasteiger charge is 2.18. The minimum Gasteiger partial charge on any atom is -0.316 e. The van der Waals surface area contributed by atoms with Crippen molar-refractivity contribution in [3.05, 3.63) is 22.4 Å². The third-order valence-corrected chi connectivity index (χ3v) is 3.85. The van der Waals surface area contributed by atoms with Gasteiger partial charge in [0.2, 0.25) is 0 Å². The van der Waals surface area contributed by atoms with Gasteiger partial charge in [0.15, 0.2) is 5.78 Å². The highest BCUT2D eigenvalue weighted by molar-refractivity contribution is 7.12. The molecule has 4 heteroatoms. The molecule has 1 saturated heterocycles. The van der Waals surface area contributed by atoms with Gasteiger partial charge in [0, 0.05) is 6.54 Å². The number of rotatable bonds is 5. The molecule has 2 heterocycles. The fourth-order valence-corrected chi connectivity index (χ4v) is 2.79. The van der Waals surface area contributed by atoms with Crippen molar-refractivity contribution >= 4 is 17.1 Å². The van der Waals surface area contributed by atoms with E-state index < -0.39 is 0 Å². The summed E-state index contributed by atoms with van der Waals surface area (Å²) >= 11 is 1.53. The van der Waals surface area contributed by atoms with E-state index in [0.29, 0.717) is 12.5 Å². The van der Waals surface area contributed by atoms with Crippen LogP contribution in [-0.2, 0) is 0 Å². The fraction of sp³-hybridized carbons (Fsp3) is 0.583. The Kier molecular flexibility index (Phi) is 4.09. The van der Waals surface area contributed by atoms with Gasteiger partial charge in [-0.25, -0.2) is 0 Å². The molecule has 0 amide bonds. The molecule has 2 rings (SSSR count). The third-order valence-electron chi connectivity index (χ3n) is 2.94. The molecule has 0 radical (unpaired) electrons. The Morgan fingerprint density at radius 1 is 1.69 bits per heavy atom. The van der Waals surface area contributed by atoms with Gasteiger partial charge in [-0.2, -0.15) is 0 Å². The monoisotopic (exact) mass is 238 g/mol. The normalized spacial score (nSPS) is 20.5. The van der Waals surface area contributed by atoms with Crippen molar-refractivity contribution in [1.82, 2.24) is 10.2 Å². The summed E-state index contributed by atoms with van der Waals surface area (Å²) in [5.74, 6) is 0.949. The topological polar surface area (TPSA) is 32.3 Å². The minimum absolute atomic E-state index is 0.239. The largest absolute Gasteiger partial charge is 0.316 e. The van der Waals surface area contributed by atoms with Crippen molar-refractivity contribution in [2.75, 3.05) is 33.2 Å². The van der Waals surface area contributed by atoms with Gasteiger partial charge in [-0.05, 0) is 43.9 Å². The molecule has 3 nitrogen and oxygen atoms in total. The van der Waals surface area contributed by atoms with Crippen LogP contribution < -0.4 is 5.32 Å². The lowest BCUT2D eigenvalue weighted by atomic mass is 10.1. The van der Waals surface area contributed by atoms with Gasteiger partial charge < -0.3 is 5.32 Å². The number of carbonyl (C=O) groups is 1. The minimum atomic E-state index is 0.239. The summed E-state index contributed by atoms with van der Waals surface area (Å²) < 4.78 is 0. The van der Waals surface area contributed by atoms with E-state index in [4.69, 9.17) is 0 Å². The van der Waals surface area contributed by atoms with E-state index in [9.17, 15) is 4.79 Å². The molecular formula is C12H18N2OS. The third kappa shape index (κ3) is 3.14. The molecule has 88 valence electrons. The van der Waals surface area contributed by atoms with Crippen LogP contribution in [0.4, 0.5) is 0 Å². The molecule has 1 aliphatic rings. The average molecular weight is 238 g/mol. The first-order chi connectivity index (χ1) is 7.75. The predicted octanol–water partition coefficient (Wildman–Crippen LogP) is 1.47. The van der Waals surface area contributed by atoms with Gasteiger partial charge >= 0.3 is 0 Å². The quantitative estimate of drug-likeness (QED) is 0.789. The van der Waals surface area contributed by atoms with Crippen molar-refractivity contribution in [2.24, 2.45) is 5.92 Å². The summed E-state index contributed by atoms with van der Waals surface area (Å²) in [7, 11) is 2.03. The maximum Gasteiger partial charge on any atom is 0.186 e. The van der Waals surface area contributed by atoms with Crippen molar-refractivity contribution in [3.8, 4) is 0 Å². The van der Waals surface area contributed by atoms with Gasteiger partial charge in [0.25, 0.3) is 0 Å². The highest BCUT2D eigenvalue weighted by Crippen LogP contribution is 2.12. The number of hydrogen-bond donors (Lipinski definition) is 1. The van der Waals surface area contributed by atoms with Crippen LogP contribution in [0, 0.1) is 5.92 Å². The van der Waals surface area contributed by atoms with Crippen LogP contribution in [0.15, 0.2) is 17.5 Å². The van der Waals surface area contributed by atoms with Gasteiger partial charge in [0.1, 0.15) is 0 Å². The SMILES string of the molecule is CN(CC(=O)c1cccs1)C[C@@H]1CCNC1. The van der Waals surface area contributed by atoms with Crippen molar-refractivity contribution < 1.29 is 4.79 Å². The smallest absolute Gasteiger partial charge is 0.186 e. The van der Waals surface area contributed by atoms with Crippen molar-refractivity contribution in [3.63, 3.8) is 0 Å². The van der Waals surface area contributed by atoms with E-state index in [0.717, 1.165) is 24.5 Å². The Labute approximate surface area is 100 Å². The molecule has 0 bridgehead atoms. The van der Waals surface area contributed by atoms with Crippen LogP contribution >= 0.6 is 11.3 Å². The maximum atomic E-state index is 11.8. The van der Waals surface area contributed by atoms with Crippen LogP contribution in [-0.4, -0.2) is 43.9 Å². The summed E-state index contributed by atoms with van der Waals surface area (Å²) in [5, 5.41) is 5.30. The molecule has 0 spiro atoms. The average Bonchev–Trinajstić information content (AvgIpc) is 2.88. The van der Waals surface area contributed by atoms with Crippen LogP contribution in [0.5, 0.6) is 0 Å². The summed E-state index contributed by atoms with van der Waals surface area (Å²) in [6.45, 7) is 3.77. The first kappa shape index (κ1) is 11.8. The van der Waals surface area contributed by atoms with Gasteiger partial charge in [0.05, 0.1) is 11.4 Å².